The summed E-state index contributed by atoms with van der Waals surface area (Å²) < 4.78 is 5.59. The number of furan rings is 1. The highest BCUT2D eigenvalue weighted by Crippen LogP contribution is 2.22. The number of allylic oxidation sites excluding steroid dienone is 7. The number of hydrogen-bond acceptors (Lipinski definition) is 2. The van der Waals surface area contributed by atoms with Crippen LogP contribution < -0.4 is 0 Å². The number of rotatable bonds is 5. The summed E-state index contributed by atoms with van der Waals surface area (Å²) >= 11 is 5.28. The largest absolute Gasteiger partial charge is 0.466 e. The monoisotopic (exact) mass is 304 g/mol. The van der Waals surface area contributed by atoms with E-state index in [1.807, 2.05) is 52.0 Å². The van der Waals surface area contributed by atoms with Crippen molar-refractivity contribution in [3.8, 4) is 0 Å². The van der Waals surface area contributed by atoms with Crippen molar-refractivity contribution < 1.29 is 9.21 Å². The molecule has 0 bridgehead atoms. The summed E-state index contributed by atoms with van der Waals surface area (Å²) in [6, 6.07) is 0. The molecular formula is C18H21ClO2. The number of halogens is 1. The molecule has 0 fully saturated rings. The quantitative estimate of drug-likeness (QED) is 0.412. The Morgan fingerprint density at radius 1 is 1.05 bits per heavy atom. The lowest BCUT2D eigenvalue weighted by atomic mass is 10.1. The Kier molecular flexibility index (Phi) is 6.44. The van der Waals surface area contributed by atoms with Crippen LogP contribution in [0.15, 0.2) is 45.9 Å². The van der Waals surface area contributed by atoms with Gasteiger partial charge in [-0.15, -0.1) is 0 Å². The van der Waals surface area contributed by atoms with Crippen molar-refractivity contribution in [2.24, 2.45) is 0 Å². The van der Waals surface area contributed by atoms with Crippen molar-refractivity contribution in [2.45, 2.75) is 34.6 Å². The van der Waals surface area contributed by atoms with Gasteiger partial charge in [0.25, 0.3) is 0 Å². The van der Waals surface area contributed by atoms with Crippen LogP contribution in [0.25, 0.3) is 6.08 Å². The maximum atomic E-state index is 10.7. The zero-order chi connectivity index (χ0) is 16.0. The number of carbonyl (C=O) groups excluding carboxylic acids is 1. The average Bonchev–Trinajstić information content (AvgIpc) is 2.60. The number of carbonyl (C=O) groups is 1. The Bertz CT molecular complexity index is 640. The summed E-state index contributed by atoms with van der Waals surface area (Å²) in [6.45, 7) is 9.84. The van der Waals surface area contributed by atoms with E-state index in [1.165, 1.54) is 11.6 Å². The van der Waals surface area contributed by atoms with Crippen LogP contribution in [0.4, 0.5) is 0 Å². The molecular weight excluding hydrogens is 284 g/mol. The topological polar surface area (TPSA) is 30.2 Å². The summed E-state index contributed by atoms with van der Waals surface area (Å²) in [5.74, 6) is 1.89. The second-order valence-electron chi connectivity index (χ2n) is 5.05. The van der Waals surface area contributed by atoms with Crippen LogP contribution in [0.5, 0.6) is 0 Å². The SMILES string of the molecule is CC(C=Cc1c(C)oc(C)c1C)=CC=CC(C)=CC(=O)Cl. The zero-order valence-corrected chi connectivity index (χ0v) is 13.9. The van der Waals surface area contributed by atoms with Crippen LogP contribution in [-0.4, -0.2) is 5.24 Å². The Morgan fingerprint density at radius 2 is 1.71 bits per heavy atom. The third-order valence-electron chi connectivity index (χ3n) is 3.19. The lowest BCUT2D eigenvalue weighted by molar-refractivity contribution is -0.107. The van der Waals surface area contributed by atoms with Crippen LogP contribution in [0.1, 0.15) is 36.5 Å². The molecule has 0 N–H and O–H groups in total. The Labute approximate surface area is 131 Å². The molecule has 0 saturated carbocycles. The van der Waals surface area contributed by atoms with Crippen LogP contribution in [0, 0.1) is 20.8 Å². The van der Waals surface area contributed by atoms with Gasteiger partial charge in [0, 0.05) is 11.6 Å². The molecule has 0 aliphatic carbocycles. The molecule has 1 rings (SSSR count). The minimum atomic E-state index is -0.459. The van der Waals surface area contributed by atoms with E-state index in [4.69, 9.17) is 16.0 Å². The molecule has 21 heavy (non-hydrogen) atoms. The minimum Gasteiger partial charge on any atom is -0.466 e. The highest BCUT2D eigenvalue weighted by atomic mass is 35.5. The second-order valence-corrected chi connectivity index (χ2v) is 5.42. The summed E-state index contributed by atoms with van der Waals surface area (Å²) in [7, 11) is 0. The normalized spacial score (nSPS) is 13.6. The van der Waals surface area contributed by atoms with E-state index in [2.05, 4.69) is 13.0 Å². The molecule has 3 heteroatoms. The predicted octanol–water partition coefficient (Wildman–Crippen LogP) is 5.43. The fourth-order valence-corrected chi connectivity index (χ4v) is 2.08. The number of aryl methyl sites for hydroxylation is 2. The van der Waals surface area contributed by atoms with E-state index >= 15 is 0 Å². The molecule has 1 heterocycles. The van der Waals surface area contributed by atoms with Gasteiger partial charge < -0.3 is 4.42 Å². The van der Waals surface area contributed by atoms with Crippen LogP contribution in [0.2, 0.25) is 0 Å². The third-order valence-corrected chi connectivity index (χ3v) is 3.30. The maximum Gasteiger partial charge on any atom is 0.245 e. The van der Waals surface area contributed by atoms with Gasteiger partial charge in [-0.3, -0.25) is 4.79 Å². The van der Waals surface area contributed by atoms with Gasteiger partial charge in [0.05, 0.1) is 0 Å². The highest BCUT2D eigenvalue weighted by Gasteiger charge is 2.07. The first-order chi connectivity index (χ1) is 9.81. The zero-order valence-electron chi connectivity index (χ0n) is 13.2. The van der Waals surface area contributed by atoms with Gasteiger partial charge in [0.15, 0.2) is 0 Å². The molecule has 0 aliphatic rings. The summed E-state index contributed by atoms with van der Waals surface area (Å²) in [6.07, 6.45) is 11.2. The molecule has 0 amide bonds. The smallest absolute Gasteiger partial charge is 0.245 e. The van der Waals surface area contributed by atoms with E-state index in [9.17, 15) is 4.79 Å². The molecule has 0 saturated heterocycles. The van der Waals surface area contributed by atoms with Crippen molar-refractivity contribution in [1.82, 2.24) is 0 Å². The van der Waals surface area contributed by atoms with Crippen LogP contribution >= 0.6 is 11.6 Å². The summed E-state index contributed by atoms with van der Waals surface area (Å²) in [4.78, 5) is 10.7. The molecule has 1 aromatic rings. The summed E-state index contributed by atoms with van der Waals surface area (Å²) in [5, 5.41) is -0.459. The van der Waals surface area contributed by atoms with Gasteiger partial charge in [0.2, 0.25) is 5.24 Å². The average molecular weight is 305 g/mol. The molecule has 1 aromatic heterocycles. The van der Waals surface area contributed by atoms with Crippen LogP contribution in [0.3, 0.4) is 0 Å². The van der Waals surface area contributed by atoms with E-state index in [0.29, 0.717) is 0 Å². The Morgan fingerprint density at radius 3 is 2.24 bits per heavy atom. The van der Waals surface area contributed by atoms with E-state index in [-0.39, 0.29) is 0 Å². The van der Waals surface area contributed by atoms with Gasteiger partial charge in [0.1, 0.15) is 11.5 Å². The van der Waals surface area contributed by atoms with Crippen molar-refractivity contribution >= 4 is 22.9 Å². The molecule has 0 aliphatic heterocycles. The molecule has 0 unspecified atom stereocenters. The van der Waals surface area contributed by atoms with Gasteiger partial charge in [-0.1, -0.05) is 36.0 Å². The molecule has 0 spiro atoms. The Hall–Kier alpha value is -1.80. The fourth-order valence-electron chi connectivity index (χ4n) is 1.91. The van der Waals surface area contributed by atoms with Gasteiger partial charge in [-0.2, -0.15) is 0 Å². The standard InChI is InChI=1S/C18H21ClO2/c1-12(7-6-8-13(2)11-18(19)20)9-10-17-14(3)15(4)21-16(17)5/h6-11H,1-5H3. The summed E-state index contributed by atoms with van der Waals surface area (Å²) in [5.41, 5.74) is 4.23. The van der Waals surface area contributed by atoms with Crippen molar-refractivity contribution in [2.75, 3.05) is 0 Å². The van der Waals surface area contributed by atoms with E-state index in [0.717, 1.165) is 28.2 Å². The first-order valence-electron chi connectivity index (χ1n) is 6.78. The first kappa shape index (κ1) is 17.3. The first-order valence-corrected chi connectivity index (χ1v) is 7.16. The third kappa shape index (κ3) is 5.60. The van der Waals surface area contributed by atoms with Gasteiger partial charge >= 0.3 is 0 Å². The van der Waals surface area contributed by atoms with E-state index < -0.39 is 5.24 Å². The molecule has 0 radical (unpaired) electrons. The van der Waals surface area contributed by atoms with Crippen LogP contribution in [-0.2, 0) is 4.79 Å². The maximum absolute atomic E-state index is 10.7. The molecule has 2 nitrogen and oxygen atoms in total. The van der Waals surface area contributed by atoms with Gasteiger partial charge in [-0.05, 0) is 57.4 Å². The second kappa shape index (κ2) is 7.84. The fraction of sp³-hybridized carbons (Fsp3) is 0.278. The van der Waals surface area contributed by atoms with Crippen molar-refractivity contribution in [1.29, 1.82) is 0 Å². The van der Waals surface area contributed by atoms with Crippen molar-refractivity contribution in [3.63, 3.8) is 0 Å². The lowest BCUT2D eigenvalue weighted by Gasteiger charge is -1.93. The Balaban J connectivity index is 2.79. The predicted molar refractivity (Wildman–Crippen MR) is 89.5 cm³/mol. The number of hydrogen-bond donors (Lipinski definition) is 0. The van der Waals surface area contributed by atoms with Crippen molar-refractivity contribution in [3.05, 3.63) is 64.2 Å². The van der Waals surface area contributed by atoms with Gasteiger partial charge in [-0.25, -0.2) is 0 Å². The highest BCUT2D eigenvalue weighted by molar-refractivity contribution is 6.66. The minimum absolute atomic E-state index is 0.459. The molecule has 0 atom stereocenters. The van der Waals surface area contributed by atoms with E-state index in [1.54, 1.807) is 0 Å². The molecule has 0 aromatic carbocycles. The molecule has 112 valence electrons. The lowest BCUT2D eigenvalue weighted by Crippen LogP contribution is -1.79.